The summed E-state index contributed by atoms with van der Waals surface area (Å²) < 4.78 is 44.3. The van der Waals surface area contributed by atoms with E-state index in [0.717, 1.165) is 0 Å². The molecule has 0 spiro atoms. The number of hydrogen-bond acceptors (Lipinski definition) is 3. The van der Waals surface area contributed by atoms with Gasteiger partial charge in [0.15, 0.2) is 11.6 Å². The number of ether oxygens (including phenoxy) is 1. The van der Waals surface area contributed by atoms with E-state index in [1.165, 1.54) is 25.3 Å². The molecule has 0 heterocycles. The van der Waals surface area contributed by atoms with Crippen LogP contribution in [0.1, 0.15) is 10.4 Å². The van der Waals surface area contributed by atoms with Crippen molar-refractivity contribution in [3.8, 4) is 11.5 Å². The zero-order valence-corrected chi connectivity index (χ0v) is 10.8. The molecule has 0 atom stereocenters. The van der Waals surface area contributed by atoms with Crippen LogP contribution < -0.4 is 10.1 Å². The number of carbonyl (C=O) groups is 1. The number of methoxy groups -OCH3 is 1. The predicted molar refractivity (Wildman–Crippen MR) is 68.9 cm³/mol. The van der Waals surface area contributed by atoms with Gasteiger partial charge in [-0.2, -0.15) is 0 Å². The average molecular weight is 297 g/mol. The molecule has 7 heteroatoms. The number of halogens is 3. The monoisotopic (exact) mass is 297 g/mol. The summed E-state index contributed by atoms with van der Waals surface area (Å²) in [4.78, 5) is 11.9. The molecule has 2 rings (SSSR count). The maximum Gasteiger partial charge on any atom is 0.259 e. The van der Waals surface area contributed by atoms with E-state index in [9.17, 15) is 23.1 Å². The molecule has 0 saturated heterocycles. The van der Waals surface area contributed by atoms with Crippen LogP contribution in [0.3, 0.4) is 0 Å². The minimum atomic E-state index is -1.43. The van der Waals surface area contributed by atoms with Crippen molar-refractivity contribution in [2.45, 2.75) is 0 Å². The summed E-state index contributed by atoms with van der Waals surface area (Å²) in [6.07, 6.45) is 0. The number of amides is 1. The number of phenolic OH excluding ortho intramolecular Hbond substituents is 1. The van der Waals surface area contributed by atoms with E-state index in [4.69, 9.17) is 4.74 Å². The van der Waals surface area contributed by atoms with E-state index in [1.807, 2.05) is 5.32 Å². The van der Waals surface area contributed by atoms with Crippen molar-refractivity contribution in [2.24, 2.45) is 0 Å². The lowest BCUT2D eigenvalue weighted by Gasteiger charge is -2.09. The van der Waals surface area contributed by atoms with E-state index in [0.29, 0.717) is 17.9 Å². The first-order valence-electron chi connectivity index (χ1n) is 5.75. The Labute approximate surface area is 117 Å². The van der Waals surface area contributed by atoms with Crippen LogP contribution in [-0.2, 0) is 0 Å². The third-order valence-corrected chi connectivity index (χ3v) is 2.69. The minimum Gasteiger partial charge on any atom is -0.507 e. The molecule has 0 unspecified atom stereocenters. The number of phenols is 1. The molecular formula is C14H10F3NO3. The summed E-state index contributed by atoms with van der Waals surface area (Å²) in [5.41, 5.74) is -0.854. The quantitative estimate of drug-likeness (QED) is 0.856. The van der Waals surface area contributed by atoms with Gasteiger partial charge in [-0.1, -0.05) is 0 Å². The van der Waals surface area contributed by atoms with Gasteiger partial charge in [0.2, 0.25) is 0 Å². The van der Waals surface area contributed by atoms with Crippen molar-refractivity contribution in [1.82, 2.24) is 0 Å². The van der Waals surface area contributed by atoms with Gasteiger partial charge in [-0.3, -0.25) is 4.79 Å². The topological polar surface area (TPSA) is 58.6 Å². The second-order valence-electron chi connectivity index (χ2n) is 4.09. The highest BCUT2D eigenvalue weighted by atomic mass is 19.2. The van der Waals surface area contributed by atoms with Crippen molar-refractivity contribution < 1.29 is 27.8 Å². The number of carbonyl (C=O) groups excluding carboxylic acids is 1. The first kappa shape index (κ1) is 14.7. The first-order valence-corrected chi connectivity index (χ1v) is 5.75. The second-order valence-corrected chi connectivity index (χ2v) is 4.09. The number of aromatic hydroxyl groups is 1. The largest absolute Gasteiger partial charge is 0.507 e. The number of benzene rings is 2. The van der Waals surface area contributed by atoms with Gasteiger partial charge in [0.25, 0.3) is 5.91 Å². The fraction of sp³-hybridized carbons (Fsp3) is 0.0714. The SMILES string of the molecule is COc1ccc(C(=O)Nc2cc(F)cc(F)c2F)c(O)c1. The van der Waals surface area contributed by atoms with Crippen LogP contribution in [0.2, 0.25) is 0 Å². The molecule has 4 nitrogen and oxygen atoms in total. The third-order valence-electron chi connectivity index (χ3n) is 2.69. The van der Waals surface area contributed by atoms with Gasteiger partial charge >= 0.3 is 0 Å². The second kappa shape index (κ2) is 5.74. The van der Waals surface area contributed by atoms with Crippen molar-refractivity contribution in [1.29, 1.82) is 0 Å². The maximum atomic E-state index is 13.4. The van der Waals surface area contributed by atoms with Gasteiger partial charge < -0.3 is 15.2 Å². The Hall–Kier alpha value is -2.70. The Kier molecular flexibility index (Phi) is 4.02. The Morgan fingerprint density at radius 3 is 2.52 bits per heavy atom. The zero-order chi connectivity index (χ0) is 15.6. The highest BCUT2D eigenvalue weighted by Crippen LogP contribution is 2.25. The van der Waals surface area contributed by atoms with Crippen LogP contribution in [0.15, 0.2) is 30.3 Å². The Morgan fingerprint density at radius 2 is 1.90 bits per heavy atom. The lowest BCUT2D eigenvalue weighted by Crippen LogP contribution is -2.14. The van der Waals surface area contributed by atoms with Crippen molar-refractivity contribution in [3.63, 3.8) is 0 Å². The molecule has 0 bridgehead atoms. The molecule has 21 heavy (non-hydrogen) atoms. The third kappa shape index (κ3) is 3.07. The van der Waals surface area contributed by atoms with Crippen LogP contribution in [-0.4, -0.2) is 18.1 Å². The lowest BCUT2D eigenvalue weighted by atomic mass is 10.1. The van der Waals surface area contributed by atoms with Crippen LogP contribution in [0.4, 0.5) is 18.9 Å². The number of rotatable bonds is 3. The summed E-state index contributed by atoms with van der Waals surface area (Å²) in [6.45, 7) is 0. The minimum absolute atomic E-state index is 0.195. The van der Waals surface area contributed by atoms with Gasteiger partial charge in [-0.25, -0.2) is 13.2 Å². The smallest absolute Gasteiger partial charge is 0.259 e. The molecule has 0 aliphatic rings. The number of hydrogen-bond donors (Lipinski definition) is 2. The molecule has 2 N–H and O–H groups in total. The lowest BCUT2D eigenvalue weighted by molar-refractivity contribution is 0.102. The summed E-state index contributed by atoms with van der Waals surface area (Å²) in [6, 6.07) is 4.80. The molecule has 110 valence electrons. The molecule has 2 aromatic rings. The van der Waals surface area contributed by atoms with Gasteiger partial charge in [-0.15, -0.1) is 0 Å². The van der Waals surface area contributed by atoms with E-state index < -0.39 is 34.8 Å². The normalized spacial score (nSPS) is 10.3. The molecule has 0 aromatic heterocycles. The molecule has 0 aliphatic heterocycles. The summed E-state index contributed by atoms with van der Waals surface area (Å²) in [5.74, 6) is -4.87. The van der Waals surface area contributed by atoms with E-state index in [1.54, 1.807) is 0 Å². The van der Waals surface area contributed by atoms with Crippen molar-refractivity contribution in [2.75, 3.05) is 12.4 Å². The highest BCUT2D eigenvalue weighted by molar-refractivity contribution is 6.06. The van der Waals surface area contributed by atoms with Gasteiger partial charge in [0, 0.05) is 18.2 Å². The average Bonchev–Trinajstić information content (AvgIpc) is 2.43. The summed E-state index contributed by atoms with van der Waals surface area (Å²) in [7, 11) is 1.37. The Balaban J connectivity index is 2.30. The molecule has 0 aliphatic carbocycles. The Morgan fingerprint density at radius 1 is 1.19 bits per heavy atom. The fourth-order valence-electron chi connectivity index (χ4n) is 1.67. The van der Waals surface area contributed by atoms with Crippen LogP contribution in [0.5, 0.6) is 11.5 Å². The van der Waals surface area contributed by atoms with Gasteiger partial charge in [0.05, 0.1) is 18.4 Å². The Bertz CT molecular complexity index is 704. The predicted octanol–water partition coefficient (Wildman–Crippen LogP) is 3.07. The molecule has 2 aromatic carbocycles. The zero-order valence-electron chi connectivity index (χ0n) is 10.8. The van der Waals surface area contributed by atoms with Crippen molar-refractivity contribution in [3.05, 3.63) is 53.3 Å². The highest BCUT2D eigenvalue weighted by Gasteiger charge is 2.17. The molecule has 0 radical (unpaired) electrons. The number of nitrogens with one attached hydrogen (secondary N) is 1. The molecule has 1 amide bonds. The van der Waals surface area contributed by atoms with Gasteiger partial charge in [0.1, 0.15) is 17.3 Å². The van der Waals surface area contributed by atoms with E-state index >= 15 is 0 Å². The molecular weight excluding hydrogens is 287 g/mol. The summed E-state index contributed by atoms with van der Waals surface area (Å²) in [5, 5.41) is 11.7. The first-order chi connectivity index (χ1) is 9.92. The molecule has 0 saturated carbocycles. The fourth-order valence-corrected chi connectivity index (χ4v) is 1.67. The van der Waals surface area contributed by atoms with E-state index in [-0.39, 0.29) is 5.56 Å². The van der Waals surface area contributed by atoms with Gasteiger partial charge in [-0.05, 0) is 12.1 Å². The van der Waals surface area contributed by atoms with Crippen LogP contribution >= 0.6 is 0 Å². The maximum absolute atomic E-state index is 13.4. The van der Waals surface area contributed by atoms with Crippen molar-refractivity contribution >= 4 is 11.6 Å². The van der Waals surface area contributed by atoms with E-state index in [2.05, 4.69) is 0 Å². The number of anilines is 1. The summed E-state index contributed by atoms with van der Waals surface area (Å²) >= 11 is 0. The molecule has 0 fully saturated rings. The van der Waals surface area contributed by atoms with Crippen LogP contribution in [0, 0.1) is 17.5 Å². The van der Waals surface area contributed by atoms with Crippen LogP contribution in [0.25, 0.3) is 0 Å². The standard InChI is InChI=1S/C14H10F3NO3/c1-21-8-2-3-9(12(19)6-8)14(20)18-11-5-7(15)4-10(16)13(11)17/h2-6,19H,1H3,(H,18,20).